The van der Waals surface area contributed by atoms with Gasteiger partial charge in [-0.05, 0) is 49.9 Å². The summed E-state index contributed by atoms with van der Waals surface area (Å²) in [6, 6.07) is 11.2. The number of para-hydroxylation sites is 1. The van der Waals surface area contributed by atoms with Crippen LogP contribution in [0.4, 0.5) is 5.69 Å². The van der Waals surface area contributed by atoms with Crippen molar-refractivity contribution in [2.45, 2.75) is 13.8 Å². The van der Waals surface area contributed by atoms with Crippen molar-refractivity contribution in [2.75, 3.05) is 11.9 Å². The van der Waals surface area contributed by atoms with Gasteiger partial charge in [-0.3, -0.25) is 4.79 Å². The Morgan fingerprint density at radius 1 is 1.28 bits per heavy atom. The van der Waals surface area contributed by atoms with Crippen molar-refractivity contribution in [3.63, 3.8) is 0 Å². The van der Waals surface area contributed by atoms with E-state index in [4.69, 9.17) is 4.74 Å². The Kier molecular flexibility index (Phi) is 4.75. The first-order valence-corrected chi connectivity index (χ1v) is 8.05. The zero-order valence-corrected chi connectivity index (χ0v) is 14.2. The molecule has 1 aromatic heterocycles. The second kappa shape index (κ2) is 7.13. The van der Waals surface area contributed by atoms with E-state index in [1.807, 2.05) is 44.2 Å². The molecule has 0 saturated heterocycles. The molecule has 3 rings (SSSR count). The van der Waals surface area contributed by atoms with E-state index in [9.17, 15) is 4.79 Å². The molecule has 0 unspecified atom stereocenters. The summed E-state index contributed by atoms with van der Waals surface area (Å²) in [6.45, 7) is 8.07. The van der Waals surface area contributed by atoms with Gasteiger partial charge in [-0.1, -0.05) is 18.7 Å². The summed E-state index contributed by atoms with van der Waals surface area (Å²) >= 11 is 0. The number of rotatable bonds is 5. The van der Waals surface area contributed by atoms with Gasteiger partial charge in [0.1, 0.15) is 5.75 Å². The molecule has 2 aromatic carbocycles. The number of fused-ring (bicyclic) bond motifs is 1. The highest BCUT2D eigenvalue weighted by Gasteiger charge is 2.10. The van der Waals surface area contributed by atoms with Crippen molar-refractivity contribution in [1.82, 2.24) is 9.97 Å². The normalized spacial score (nSPS) is 10.5. The van der Waals surface area contributed by atoms with Crippen LogP contribution >= 0.6 is 0 Å². The van der Waals surface area contributed by atoms with Crippen LogP contribution in [0.2, 0.25) is 0 Å². The number of benzene rings is 2. The maximum Gasteiger partial charge on any atom is 0.279 e. The first-order valence-electron chi connectivity index (χ1n) is 8.05. The Bertz CT molecular complexity index is 1000. The van der Waals surface area contributed by atoms with Gasteiger partial charge in [0, 0.05) is 11.3 Å². The summed E-state index contributed by atoms with van der Waals surface area (Å²) in [5, 5.41) is 3.54. The van der Waals surface area contributed by atoms with Crippen molar-refractivity contribution in [3.8, 4) is 17.0 Å². The minimum atomic E-state index is -0.309. The molecule has 0 aliphatic rings. The van der Waals surface area contributed by atoms with Crippen LogP contribution in [0, 0.1) is 6.92 Å². The van der Waals surface area contributed by atoms with E-state index < -0.39 is 0 Å². The van der Waals surface area contributed by atoms with Crippen LogP contribution < -0.4 is 15.6 Å². The summed E-state index contributed by atoms with van der Waals surface area (Å²) in [5.74, 6) is 0.711. The molecule has 1 N–H and O–H groups in total. The minimum absolute atomic E-state index is 0.309. The van der Waals surface area contributed by atoms with Crippen molar-refractivity contribution in [3.05, 3.63) is 71.3 Å². The van der Waals surface area contributed by atoms with Gasteiger partial charge in [0.2, 0.25) is 0 Å². The molecule has 0 saturated carbocycles. The van der Waals surface area contributed by atoms with E-state index in [1.165, 1.54) is 6.20 Å². The average Bonchev–Trinajstić information content (AvgIpc) is 2.76. The van der Waals surface area contributed by atoms with Crippen LogP contribution in [-0.2, 0) is 0 Å². The van der Waals surface area contributed by atoms with Crippen LogP contribution in [-0.4, -0.2) is 16.6 Å². The summed E-state index contributed by atoms with van der Waals surface area (Å²) in [7, 11) is 0. The van der Waals surface area contributed by atoms with Gasteiger partial charge in [-0.15, -0.1) is 0 Å². The van der Waals surface area contributed by atoms with E-state index in [0.29, 0.717) is 29.0 Å². The maximum atomic E-state index is 12.4. The molecule has 126 valence electrons. The monoisotopic (exact) mass is 333 g/mol. The summed E-state index contributed by atoms with van der Waals surface area (Å²) in [5.41, 5.74) is 3.42. The molecule has 25 heavy (non-hydrogen) atoms. The van der Waals surface area contributed by atoms with Gasteiger partial charge >= 0.3 is 0 Å². The lowest BCUT2D eigenvalue weighted by Gasteiger charge is -2.08. The van der Waals surface area contributed by atoms with Gasteiger partial charge in [-0.2, -0.15) is 0 Å². The highest BCUT2D eigenvalue weighted by atomic mass is 16.5. The Balaban J connectivity index is 2.28. The molecular weight excluding hydrogens is 314 g/mol. The highest BCUT2D eigenvalue weighted by molar-refractivity contribution is 5.84. The lowest BCUT2D eigenvalue weighted by molar-refractivity contribution is 0.341. The number of hydrogen-bond acceptors (Lipinski definition) is 5. The van der Waals surface area contributed by atoms with E-state index in [-0.39, 0.29) is 5.56 Å². The van der Waals surface area contributed by atoms with Crippen molar-refractivity contribution in [2.24, 2.45) is 0 Å². The van der Waals surface area contributed by atoms with E-state index in [1.54, 1.807) is 12.3 Å². The third kappa shape index (κ3) is 3.35. The largest absolute Gasteiger partial charge is 0.493 e. The molecule has 0 spiro atoms. The molecule has 0 aliphatic carbocycles. The lowest BCUT2D eigenvalue weighted by Crippen LogP contribution is -2.02. The van der Waals surface area contributed by atoms with Gasteiger partial charge in [0.15, 0.2) is 0 Å². The second-order valence-electron chi connectivity index (χ2n) is 5.52. The molecule has 5 heteroatoms. The number of nitrogens with zero attached hydrogens (tertiary/aromatic N) is 2. The molecule has 3 aromatic rings. The van der Waals surface area contributed by atoms with E-state index in [2.05, 4.69) is 21.9 Å². The Morgan fingerprint density at radius 2 is 2.08 bits per heavy atom. The second-order valence-corrected chi connectivity index (χ2v) is 5.52. The Morgan fingerprint density at radius 3 is 2.84 bits per heavy atom. The van der Waals surface area contributed by atoms with Gasteiger partial charge < -0.3 is 10.1 Å². The highest BCUT2D eigenvalue weighted by Crippen LogP contribution is 2.29. The average molecular weight is 333 g/mol. The van der Waals surface area contributed by atoms with Crippen molar-refractivity contribution in [1.29, 1.82) is 0 Å². The molecule has 0 aliphatic heterocycles. The molecule has 0 bridgehead atoms. The molecule has 0 radical (unpaired) electrons. The van der Waals surface area contributed by atoms with Crippen LogP contribution in [0.3, 0.4) is 0 Å². The summed E-state index contributed by atoms with van der Waals surface area (Å²) in [6.07, 6.45) is 3.09. The quantitative estimate of drug-likeness (QED) is 0.767. The molecule has 1 heterocycles. The van der Waals surface area contributed by atoms with E-state index >= 15 is 0 Å². The SMILES string of the molecule is C=CNc1cc2nc(-c3ccccc3OCC)cnc(=O)c2cc1C. The third-order valence-corrected chi connectivity index (χ3v) is 3.84. The third-order valence-electron chi connectivity index (χ3n) is 3.84. The molecule has 0 amide bonds. The smallest absolute Gasteiger partial charge is 0.279 e. The molecule has 0 atom stereocenters. The first-order chi connectivity index (χ1) is 12.1. The zero-order valence-electron chi connectivity index (χ0n) is 14.2. The number of hydrogen-bond donors (Lipinski definition) is 1. The number of nitrogens with one attached hydrogen (secondary N) is 1. The van der Waals surface area contributed by atoms with E-state index in [0.717, 1.165) is 16.8 Å². The fourth-order valence-electron chi connectivity index (χ4n) is 2.66. The predicted molar refractivity (Wildman–Crippen MR) is 101 cm³/mol. The predicted octanol–water partition coefficient (Wildman–Crippen LogP) is 3.92. The maximum absolute atomic E-state index is 12.4. The molecule has 0 fully saturated rings. The first kappa shape index (κ1) is 16.6. The van der Waals surface area contributed by atoms with Crippen LogP contribution in [0.5, 0.6) is 5.75 Å². The Labute approximate surface area is 146 Å². The number of ether oxygens (including phenoxy) is 1. The number of anilines is 1. The Hall–Kier alpha value is -3.21. The fourth-order valence-corrected chi connectivity index (χ4v) is 2.66. The molecular formula is C20H19N3O2. The van der Waals surface area contributed by atoms with Crippen LogP contribution in [0.25, 0.3) is 22.2 Å². The summed E-state index contributed by atoms with van der Waals surface area (Å²) in [4.78, 5) is 21.1. The van der Waals surface area contributed by atoms with Gasteiger partial charge in [-0.25, -0.2) is 9.97 Å². The standard InChI is InChI=1S/C20H19N3O2/c1-4-21-16-11-17-15(10-13(16)3)20(24)22-12-18(23-17)14-8-6-7-9-19(14)25-5-2/h4,6-12,21H,1,5H2,2-3H3. The fraction of sp³-hybridized carbons (Fsp3) is 0.150. The zero-order chi connectivity index (χ0) is 17.8. The van der Waals surface area contributed by atoms with Crippen LogP contribution in [0.15, 0.2) is 60.2 Å². The topological polar surface area (TPSA) is 64.1 Å². The van der Waals surface area contributed by atoms with Gasteiger partial charge in [0.25, 0.3) is 5.56 Å². The van der Waals surface area contributed by atoms with Crippen molar-refractivity contribution < 1.29 is 4.74 Å². The molecule has 5 nitrogen and oxygen atoms in total. The summed E-state index contributed by atoms with van der Waals surface area (Å²) < 4.78 is 5.67. The number of aromatic nitrogens is 2. The van der Waals surface area contributed by atoms with Crippen LogP contribution in [0.1, 0.15) is 12.5 Å². The minimum Gasteiger partial charge on any atom is -0.493 e. The van der Waals surface area contributed by atoms with Gasteiger partial charge in [0.05, 0.1) is 29.4 Å². The lowest BCUT2D eigenvalue weighted by atomic mass is 10.1. The number of aryl methyl sites for hydroxylation is 1. The van der Waals surface area contributed by atoms with Crippen molar-refractivity contribution >= 4 is 16.6 Å².